The lowest BCUT2D eigenvalue weighted by Crippen LogP contribution is -2.42. The molecule has 1 N–H and O–H groups in total. The van der Waals surface area contributed by atoms with Crippen LogP contribution in [-0.2, 0) is 0 Å². The molecule has 0 saturated carbocycles. The van der Waals surface area contributed by atoms with E-state index in [9.17, 15) is 13.2 Å². The van der Waals surface area contributed by atoms with Crippen molar-refractivity contribution in [2.24, 2.45) is 15.1 Å². The third kappa shape index (κ3) is 6.45. The summed E-state index contributed by atoms with van der Waals surface area (Å²) in [6.45, 7) is 0.184. The molecule has 12 heteroatoms. The zero-order valence-corrected chi connectivity index (χ0v) is 19.9. The van der Waals surface area contributed by atoms with Gasteiger partial charge in [0.15, 0.2) is 5.84 Å². The Balaban J connectivity index is 1.59. The lowest BCUT2D eigenvalue weighted by molar-refractivity contribution is -0.274. The van der Waals surface area contributed by atoms with Crippen molar-refractivity contribution in [3.05, 3.63) is 92.9 Å². The molecule has 180 valence electrons. The second-order valence-corrected chi connectivity index (χ2v) is 8.30. The average molecular weight is 541 g/mol. The van der Waals surface area contributed by atoms with Crippen molar-refractivity contribution in [3.8, 4) is 5.75 Å². The summed E-state index contributed by atoms with van der Waals surface area (Å²) >= 11 is 18.7. The Labute approximate surface area is 213 Å². The first kappa shape index (κ1) is 24.8. The van der Waals surface area contributed by atoms with Crippen molar-refractivity contribution in [2.75, 3.05) is 11.6 Å². The molecular formula is C23H15Cl3F3N5O. The number of nitrogens with zero attached hydrogens (tertiary/aromatic N) is 4. The first-order valence-corrected chi connectivity index (χ1v) is 11.1. The van der Waals surface area contributed by atoms with Gasteiger partial charge in [0.05, 0.1) is 21.8 Å². The van der Waals surface area contributed by atoms with Gasteiger partial charge in [0.25, 0.3) is 0 Å². The predicted molar refractivity (Wildman–Crippen MR) is 133 cm³/mol. The molecule has 0 fully saturated rings. The summed E-state index contributed by atoms with van der Waals surface area (Å²) in [5.41, 5.74) is 4.62. The number of aliphatic imine (C=N–C) groups is 2. The average Bonchev–Trinajstić information content (AvgIpc) is 2.80. The van der Waals surface area contributed by atoms with E-state index >= 15 is 0 Å². The van der Waals surface area contributed by atoms with Crippen LogP contribution >= 0.6 is 34.8 Å². The molecule has 3 aromatic carbocycles. The van der Waals surface area contributed by atoms with Crippen LogP contribution in [0.3, 0.4) is 0 Å². The highest BCUT2D eigenvalue weighted by atomic mass is 35.5. The van der Waals surface area contributed by atoms with E-state index in [1.807, 2.05) is 0 Å². The smallest absolute Gasteiger partial charge is 0.406 e. The number of hydrogen-bond donors (Lipinski definition) is 1. The van der Waals surface area contributed by atoms with Crippen molar-refractivity contribution in [1.29, 1.82) is 0 Å². The van der Waals surface area contributed by atoms with Crippen LogP contribution in [0.5, 0.6) is 5.75 Å². The number of hydrogen-bond acceptors (Lipinski definition) is 6. The maximum absolute atomic E-state index is 12.3. The molecule has 0 unspecified atom stereocenters. The van der Waals surface area contributed by atoms with E-state index in [0.717, 1.165) is 5.69 Å². The van der Waals surface area contributed by atoms with E-state index in [1.54, 1.807) is 47.4 Å². The maximum atomic E-state index is 12.3. The van der Waals surface area contributed by atoms with Crippen molar-refractivity contribution < 1.29 is 17.9 Å². The Morgan fingerprint density at radius 2 is 1.60 bits per heavy atom. The maximum Gasteiger partial charge on any atom is 0.573 e. The highest BCUT2D eigenvalue weighted by Gasteiger charge is 2.31. The van der Waals surface area contributed by atoms with Gasteiger partial charge in [-0.3, -0.25) is 4.90 Å². The Hall–Kier alpha value is -3.27. The van der Waals surface area contributed by atoms with Gasteiger partial charge in [-0.05, 0) is 66.2 Å². The largest absolute Gasteiger partial charge is 0.573 e. The van der Waals surface area contributed by atoms with Crippen molar-refractivity contribution in [3.63, 3.8) is 0 Å². The van der Waals surface area contributed by atoms with E-state index in [0.29, 0.717) is 38.0 Å². The number of rotatable bonds is 5. The van der Waals surface area contributed by atoms with E-state index in [-0.39, 0.29) is 12.4 Å². The summed E-state index contributed by atoms with van der Waals surface area (Å²) in [5.74, 6) is 0.310. The van der Waals surface area contributed by atoms with Gasteiger partial charge in [0.2, 0.25) is 5.96 Å². The second-order valence-electron chi connectivity index (χ2n) is 7.05. The number of anilines is 1. The molecule has 4 rings (SSSR count). The van der Waals surface area contributed by atoms with Gasteiger partial charge in [-0.15, -0.1) is 13.2 Å². The van der Waals surface area contributed by atoms with E-state index in [2.05, 4.69) is 25.2 Å². The predicted octanol–water partition coefficient (Wildman–Crippen LogP) is 6.75. The minimum absolute atomic E-state index is 0.184. The summed E-state index contributed by atoms with van der Waals surface area (Å²) in [6, 6.07) is 17.4. The number of benzene rings is 3. The fraction of sp³-hybridized carbons (Fsp3) is 0.0870. The summed E-state index contributed by atoms with van der Waals surface area (Å²) in [7, 11) is 0. The van der Waals surface area contributed by atoms with Gasteiger partial charge in [-0.25, -0.2) is 10.4 Å². The summed E-state index contributed by atoms with van der Waals surface area (Å²) in [6.07, 6.45) is -3.33. The zero-order valence-electron chi connectivity index (χ0n) is 17.6. The van der Waals surface area contributed by atoms with Crippen LogP contribution < -0.4 is 15.1 Å². The number of nitrogens with one attached hydrogen (secondary N) is 1. The quantitative estimate of drug-likeness (QED) is 0.288. The molecule has 0 saturated heterocycles. The lowest BCUT2D eigenvalue weighted by Gasteiger charge is -2.27. The van der Waals surface area contributed by atoms with Crippen LogP contribution in [0.4, 0.5) is 18.9 Å². The molecule has 3 aromatic rings. The van der Waals surface area contributed by atoms with Crippen molar-refractivity contribution >= 4 is 58.5 Å². The SMILES string of the molecule is FC(F)(F)Oc1ccc(C=NNC2=NC(c3c(Cl)cccc3Cl)=NCN2c2ccc(Cl)cc2)cc1. The minimum atomic E-state index is -4.76. The molecule has 6 nitrogen and oxygen atoms in total. The molecule has 1 aliphatic rings. The van der Waals surface area contributed by atoms with E-state index in [1.165, 1.54) is 30.5 Å². The van der Waals surface area contributed by atoms with Crippen molar-refractivity contribution in [2.45, 2.75) is 6.36 Å². The molecule has 1 heterocycles. The zero-order chi connectivity index (χ0) is 25.0. The van der Waals surface area contributed by atoms with Gasteiger partial charge in [0, 0.05) is 10.7 Å². The molecule has 0 atom stereocenters. The number of guanidine groups is 1. The second kappa shape index (κ2) is 10.6. The molecule has 0 spiro atoms. The van der Waals surface area contributed by atoms with Gasteiger partial charge >= 0.3 is 6.36 Å². The number of hydrazone groups is 1. The third-order valence-corrected chi connectivity index (χ3v) is 5.53. The molecule has 0 aliphatic carbocycles. The van der Waals surface area contributed by atoms with Gasteiger partial charge in [-0.2, -0.15) is 10.1 Å². The van der Waals surface area contributed by atoms with Crippen LogP contribution in [0.1, 0.15) is 11.1 Å². The van der Waals surface area contributed by atoms with Crippen LogP contribution in [0.25, 0.3) is 0 Å². The number of halogens is 6. The first-order valence-electron chi connectivity index (χ1n) is 9.95. The van der Waals surface area contributed by atoms with E-state index in [4.69, 9.17) is 34.8 Å². The minimum Gasteiger partial charge on any atom is -0.406 e. The fourth-order valence-electron chi connectivity index (χ4n) is 3.08. The number of alkyl halides is 3. The molecule has 1 aliphatic heterocycles. The lowest BCUT2D eigenvalue weighted by atomic mass is 10.2. The third-order valence-electron chi connectivity index (χ3n) is 4.65. The molecule has 35 heavy (non-hydrogen) atoms. The summed E-state index contributed by atoms with van der Waals surface area (Å²) < 4.78 is 40.9. The number of ether oxygens (including phenoxy) is 1. The molecule has 0 radical (unpaired) electrons. The molecule has 0 bridgehead atoms. The van der Waals surface area contributed by atoms with Crippen LogP contribution in [0.2, 0.25) is 15.1 Å². The topological polar surface area (TPSA) is 61.6 Å². The Kier molecular flexibility index (Phi) is 7.49. The van der Waals surface area contributed by atoms with Gasteiger partial charge in [-0.1, -0.05) is 40.9 Å². The highest BCUT2D eigenvalue weighted by Crippen LogP contribution is 2.28. The van der Waals surface area contributed by atoms with E-state index < -0.39 is 6.36 Å². The normalized spacial score (nSPS) is 14.1. The Bertz CT molecular complexity index is 1270. The van der Waals surface area contributed by atoms with Crippen LogP contribution in [0.15, 0.2) is 81.8 Å². The highest BCUT2D eigenvalue weighted by molar-refractivity contribution is 6.40. The van der Waals surface area contributed by atoms with Gasteiger partial charge in [0.1, 0.15) is 12.4 Å². The molecular weight excluding hydrogens is 526 g/mol. The monoisotopic (exact) mass is 539 g/mol. The van der Waals surface area contributed by atoms with Crippen LogP contribution in [0, 0.1) is 0 Å². The fourth-order valence-corrected chi connectivity index (χ4v) is 3.77. The Morgan fingerprint density at radius 1 is 0.943 bits per heavy atom. The molecule has 0 aromatic heterocycles. The standard InChI is InChI=1S/C23H15Cl3F3N5O/c24-15-6-8-16(9-7-15)34-13-30-21(20-18(25)2-1-3-19(20)26)32-22(34)33-31-12-14-4-10-17(11-5-14)35-23(27,28)29/h1-12H,13H2,(H,30,32,33). The van der Waals surface area contributed by atoms with Crippen LogP contribution in [-0.4, -0.2) is 31.0 Å². The molecule has 0 amide bonds. The first-order chi connectivity index (χ1) is 16.7. The Morgan fingerprint density at radius 3 is 2.23 bits per heavy atom. The van der Waals surface area contributed by atoms with Crippen molar-refractivity contribution in [1.82, 2.24) is 5.43 Å². The van der Waals surface area contributed by atoms with Gasteiger partial charge < -0.3 is 4.74 Å². The summed E-state index contributed by atoms with van der Waals surface area (Å²) in [5, 5.41) is 5.53. The summed E-state index contributed by atoms with van der Waals surface area (Å²) in [4.78, 5) is 10.8. The number of amidine groups is 1.